The Bertz CT molecular complexity index is 459. The minimum atomic E-state index is 0.147. The second-order valence-electron chi connectivity index (χ2n) is 3.93. The summed E-state index contributed by atoms with van der Waals surface area (Å²) < 4.78 is 6.83. The lowest BCUT2D eigenvalue weighted by atomic mass is 10.2. The van der Waals surface area contributed by atoms with Crippen molar-refractivity contribution in [3.63, 3.8) is 0 Å². The molecule has 0 aliphatic carbocycles. The van der Waals surface area contributed by atoms with Crippen LogP contribution in [0, 0.1) is 0 Å². The van der Waals surface area contributed by atoms with E-state index in [1.165, 1.54) is 0 Å². The summed E-state index contributed by atoms with van der Waals surface area (Å²) >= 11 is 0. The van der Waals surface area contributed by atoms with Gasteiger partial charge in [0.05, 0.1) is 11.8 Å². The molecule has 16 heavy (non-hydrogen) atoms. The van der Waals surface area contributed by atoms with Crippen molar-refractivity contribution in [2.75, 3.05) is 0 Å². The van der Waals surface area contributed by atoms with Gasteiger partial charge in [0.1, 0.15) is 0 Å². The van der Waals surface area contributed by atoms with E-state index in [1.807, 2.05) is 20.2 Å². The molecule has 2 rings (SSSR count). The molecule has 0 fully saturated rings. The van der Waals surface area contributed by atoms with Gasteiger partial charge in [-0.05, 0) is 13.3 Å². The van der Waals surface area contributed by atoms with Crippen LogP contribution in [-0.2, 0) is 13.5 Å². The third kappa shape index (κ3) is 2.46. The molecule has 1 unspecified atom stereocenters. The Morgan fingerprint density at radius 1 is 1.56 bits per heavy atom. The Hall–Kier alpha value is -1.69. The molecular formula is C10H15N5O. The van der Waals surface area contributed by atoms with Crippen LogP contribution in [0.15, 0.2) is 16.9 Å². The molecule has 0 bridgehead atoms. The van der Waals surface area contributed by atoms with Gasteiger partial charge in [-0.3, -0.25) is 4.68 Å². The fourth-order valence-electron chi connectivity index (χ4n) is 1.36. The largest absolute Gasteiger partial charge is 0.339 e. The molecule has 2 heterocycles. The zero-order valence-corrected chi connectivity index (χ0v) is 9.42. The van der Waals surface area contributed by atoms with Crippen molar-refractivity contribution in [1.29, 1.82) is 0 Å². The standard InChI is InChI=1S/C10H15N5O/c1-7(11)3-4-9-13-10(14-16-9)8-5-12-15(2)6-8/h5-7H,3-4,11H2,1-2H3. The van der Waals surface area contributed by atoms with E-state index in [4.69, 9.17) is 10.3 Å². The first-order valence-electron chi connectivity index (χ1n) is 5.22. The third-order valence-electron chi connectivity index (χ3n) is 2.24. The number of aryl methyl sites for hydroxylation is 2. The summed E-state index contributed by atoms with van der Waals surface area (Å²) in [6.45, 7) is 1.96. The lowest BCUT2D eigenvalue weighted by Crippen LogP contribution is -2.15. The van der Waals surface area contributed by atoms with Crippen LogP contribution in [0.4, 0.5) is 0 Å². The van der Waals surface area contributed by atoms with Gasteiger partial charge in [0, 0.05) is 25.7 Å². The topological polar surface area (TPSA) is 82.8 Å². The predicted octanol–water partition coefficient (Wildman–Crippen LogP) is 0.750. The third-order valence-corrected chi connectivity index (χ3v) is 2.24. The first-order valence-corrected chi connectivity index (χ1v) is 5.22. The van der Waals surface area contributed by atoms with Crippen molar-refractivity contribution < 1.29 is 4.52 Å². The molecule has 0 radical (unpaired) electrons. The first kappa shape index (κ1) is 10.8. The molecule has 1 atom stereocenters. The molecule has 0 amide bonds. The van der Waals surface area contributed by atoms with Crippen LogP contribution in [0.3, 0.4) is 0 Å². The maximum Gasteiger partial charge on any atom is 0.227 e. The smallest absolute Gasteiger partial charge is 0.227 e. The Morgan fingerprint density at radius 3 is 3.00 bits per heavy atom. The highest BCUT2D eigenvalue weighted by Crippen LogP contribution is 2.14. The van der Waals surface area contributed by atoms with E-state index >= 15 is 0 Å². The van der Waals surface area contributed by atoms with E-state index in [0.717, 1.165) is 12.0 Å². The Balaban J connectivity index is 2.07. The highest BCUT2D eigenvalue weighted by Gasteiger charge is 2.10. The van der Waals surface area contributed by atoms with Crippen molar-refractivity contribution in [2.24, 2.45) is 12.8 Å². The summed E-state index contributed by atoms with van der Waals surface area (Å²) in [4.78, 5) is 4.28. The van der Waals surface area contributed by atoms with E-state index in [1.54, 1.807) is 10.9 Å². The molecule has 2 N–H and O–H groups in total. The molecular weight excluding hydrogens is 206 g/mol. The predicted molar refractivity (Wildman–Crippen MR) is 58.5 cm³/mol. The summed E-state index contributed by atoms with van der Waals surface area (Å²) in [6.07, 6.45) is 5.11. The van der Waals surface area contributed by atoms with E-state index in [-0.39, 0.29) is 6.04 Å². The molecule has 0 aromatic carbocycles. The highest BCUT2D eigenvalue weighted by atomic mass is 16.5. The number of hydrogen-bond donors (Lipinski definition) is 1. The van der Waals surface area contributed by atoms with E-state index in [2.05, 4.69) is 15.2 Å². The summed E-state index contributed by atoms with van der Waals surface area (Å²) in [6, 6.07) is 0.147. The molecule has 0 aliphatic rings. The normalized spacial score (nSPS) is 12.9. The number of rotatable bonds is 4. The number of nitrogens with two attached hydrogens (primary N) is 1. The Labute approximate surface area is 93.4 Å². The second kappa shape index (κ2) is 4.44. The molecule has 86 valence electrons. The van der Waals surface area contributed by atoms with Crippen LogP contribution < -0.4 is 5.73 Å². The summed E-state index contributed by atoms with van der Waals surface area (Å²) in [5.74, 6) is 1.20. The molecule has 0 saturated carbocycles. The van der Waals surface area contributed by atoms with Gasteiger partial charge in [-0.1, -0.05) is 5.16 Å². The quantitative estimate of drug-likeness (QED) is 0.823. The SMILES string of the molecule is CC(N)CCc1nc(-c2cnn(C)c2)no1. The minimum Gasteiger partial charge on any atom is -0.339 e. The molecule has 2 aromatic heterocycles. The maximum absolute atomic E-state index is 5.66. The fraction of sp³-hybridized carbons (Fsp3) is 0.500. The number of aromatic nitrogens is 4. The van der Waals surface area contributed by atoms with E-state index < -0.39 is 0 Å². The van der Waals surface area contributed by atoms with Gasteiger partial charge in [0.15, 0.2) is 0 Å². The summed E-state index contributed by atoms with van der Waals surface area (Å²) in [7, 11) is 1.85. The number of nitrogens with zero attached hydrogens (tertiary/aromatic N) is 4. The fourth-order valence-corrected chi connectivity index (χ4v) is 1.36. The molecule has 0 spiro atoms. The van der Waals surface area contributed by atoms with Gasteiger partial charge in [0.25, 0.3) is 0 Å². The van der Waals surface area contributed by atoms with Crippen molar-refractivity contribution in [3.8, 4) is 11.4 Å². The van der Waals surface area contributed by atoms with Gasteiger partial charge in [-0.2, -0.15) is 10.1 Å². The lowest BCUT2D eigenvalue weighted by Gasteiger charge is -1.99. The minimum absolute atomic E-state index is 0.147. The average Bonchev–Trinajstić information content (AvgIpc) is 2.83. The van der Waals surface area contributed by atoms with Crippen molar-refractivity contribution in [3.05, 3.63) is 18.3 Å². The molecule has 2 aromatic rings. The monoisotopic (exact) mass is 221 g/mol. The molecule has 0 aliphatic heterocycles. The van der Waals surface area contributed by atoms with Crippen molar-refractivity contribution in [1.82, 2.24) is 19.9 Å². The summed E-state index contributed by atoms with van der Waals surface area (Å²) in [5, 5.41) is 7.95. The van der Waals surface area contributed by atoms with Crippen molar-refractivity contribution in [2.45, 2.75) is 25.8 Å². The van der Waals surface area contributed by atoms with Gasteiger partial charge in [-0.15, -0.1) is 0 Å². The van der Waals surface area contributed by atoms with Crippen LogP contribution in [-0.4, -0.2) is 26.0 Å². The van der Waals surface area contributed by atoms with Crippen molar-refractivity contribution >= 4 is 0 Å². The van der Waals surface area contributed by atoms with Crippen LogP contribution in [0.2, 0.25) is 0 Å². The van der Waals surface area contributed by atoms with Crippen LogP contribution >= 0.6 is 0 Å². The van der Waals surface area contributed by atoms with Gasteiger partial charge in [0.2, 0.25) is 11.7 Å². The van der Waals surface area contributed by atoms with Gasteiger partial charge in [-0.25, -0.2) is 0 Å². The Kier molecular flexibility index (Phi) is 3.00. The van der Waals surface area contributed by atoms with E-state index in [9.17, 15) is 0 Å². The summed E-state index contributed by atoms with van der Waals surface area (Å²) in [5.41, 5.74) is 6.52. The highest BCUT2D eigenvalue weighted by molar-refractivity contribution is 5.50. The lowest BCUT2D eigenvalue weighted by molar-refractivity contribution is 0.372. The van der Waals surface area contributed by atoms with Gasteiger partial charge < -0.3 is 10.3 Å². The Morgan fingerprint density at radius 2 is 2.38 bits per heavy atom. The molecule has 6 nitrogen and oxygen atoms in total. The maximum atomic E-state index is 5.66. The van der Waals surface area contributed by atoms with Crippen LogP contribution in [0.25, 0.3) is 11.4 Å². The zero-order valence-electron chi connectivity index (χ0n) is 9.42. The molecule has 0 saturated heterocycles. The number of hydrogen-bond acceptors (Lipinski definition) is 5. The van der Waals surface area contributed by atoms with Crippen LogP contribution in [0.1, 0.15) is 19.2 Å². The zero-order chi connectivity index (χ0) is 11.5. The average molecular weight is 221 g/mol. The van der Waals surface area contributed by atoms with Gasteiger partial charge >= 0.3 is 0 Å². The molecule has 6 heteroatoms. The van der Waals surface area contributed by atoms with E-state index in [0.29, 0.717) is 18.1 Å². The second-order valence-corrected chi connectivity index (χ2v) is 3.93. The first-order chi connectivity index (χ1) is 7.65. The van der Waals surface area contributed by atoms with Crippen LogP contribution in [0.5, 0.6) is 0 Å².